The lowest BCUT2D eigenvalue weighted by molar-refractivity contribution is 0.00313. The summed E-state index contributed by atoms with van der Waals surface area (Å²) in [7, 11) is 0. The van der Waals surface area contributed by atoms with Crippen molar-refractivity contribution in [1.29, 1.82) is 0 Å². The van der Waals surface area contributed by atoms with Gasteiger partial charge in [0.25, 0.3) is 0 Å². The van der Waals surface area contributed by atoms with Crippen LogP contribution in [0.1, 0.15) is 40.5 Å². The molecule has 0 aromatic heterocycles. The van der Waals surface area contributed by atoms with Crippen molar-refractivity contribution in [2.24, 2.45) is 5.29 Å². The second kappa shape index (κ2) is 6.24. The molecule has 0 saturated carbocycles. The van der Waals surface area contributed by atoms with Gasteiger partial charge in [0.2, 0.25) is 0 Å². The largest absolute Gasteiger partial charge is 0.784 e. The molecule has 1 heterocycles. The summed E-state index contributed by atoms with van der Waals surface area (Å²) >= 11 is 5.50. The molecule has 0 aliphatic carbocycles. The first-order valence-corrected chi connectivity index (χ1v) is 7.12. The normalized spacial score (nSPS) is 22.3. The van der Waals surface area contributed by atoms with Crippen molar-refractivity contribution in [1.82, 2.24) is 15.4 Å². The number of hydrogen-bond acceptors (Lipinski definition) is 5. The lowest BCUT2D eigenvalue weighted by Gasteiger charge is -2.60. The molecule has 1 saturated heterocycles. The Kier molecular flexibility index (Phi) is 5.34. The van der Waals surface area contributed by atoms with Crippen LogP contribution in [0.2, 0.25) is 0 Å². The second-order valence-corrected chi connectivity index (χ2v) is 6.75. The molecule has 0 atom stereocenters. The van der Waals surface area contributed by atoms with E-state index in [1.165, 1.54) is 0 Å². The smallest absolute Gasteiger partial charge is 0.340 e. The van der Waals surface area contributed by atoms with Crippen molar-refractivity contribution < 1.29 is 4.79 Å². The number of nitroso groups, excluding NO2 is 1. The van der Waals surface area contributed by atoms with Crippen LogP contribution < -0.4 is 5.32 Å². The molecule has 2 amide bonds. The first kappa shape index (κ1) is 17.1. The van der Waals surface area contributed by atoms with Gasteiger partial charge in [-0.25, -0.2) is 4.79 Å². The third-order valence-electron chi connectivity index (χ3n) is 3.55. The fraction of sp³-hybridized carbons (Fsp3) is 0.917. The minimum Gasteiger partial charge on any atom is -0.784 e. The predicted octanol–water partition coefficient (Wildman–Crippen LogP) is 2.44. The van der Waals surface area contributed by atoms with Crippen molar-refractivity contribution in [2.75, 3.05) is 12.4 Å². The number of carbonyl (C=O) groups is 1. The highest BCUT2D eigenvalue weighted by atomic mass is 35.5. The Morgan fingerprint density at radius 1 is 1.40 bits per heavy atom. The van der Waals surface area contributed by atoms with Crippen LogP contribution in [0.3, 0.4) is 0 Å². The fourth-order valence-electron chi connectivity index (χ4n) is 2.87. The third kappa shape index (κ3) is 3.80. The van der Waals surface area contributed by atoms with E-state index < -0.39 is 17.1 Å². The molecule has 116 valence electrons. The average molecular weight is 306 g/mol. The predicted molar refractivity (Wildman–Crippen MR) is 78.1 cm³/mol. The summed E-state index contributed by atoms with van der Waals surface area (Å²) in [6, 6.07) is -0.756. The van der Waals surface area contributed by atoms with Crippen LogP contribution in [0.5, 0.6) is 0 Å². The minimum atomic E-state index is -0.578. The highest BCUT2D eigenvalue weighted by Gasteiger charge is 2.40. The number of urea groups is 1. The summed E-state index contributed by atoms with van der Waals surface area (Å²) in [5, 5.41) is 19.4. The quantitative estimate of drug-likeness (QED) is 0.491. The molecule has 1 aliphatic rings. The number of carbonyl (C=O) groups excluding carboxylic acids is 1. The molecule has 7 nitrogen and oxygen atoms in total. The van der Waals surface area contributed by atoms with Crippen LogP contribution in [-0.2, 0) is 0 Å². The van der Waals surface area contributed by atoms with E-state index in [9.17, 15) is 14.9 Å². The Balaban J connectivity index is 2.73. The van der Waals surface area contributed by atoms with Crippen LogP contribution in [0.25, 0.3) is 0 Å². The van der Waals surface area contributed by atoms with E-state index in [1.807, 2.05) is 27.7 Å². The second-order valence-electron chi connectivity index (χ2n) is 6.37. The van der Waals surface area contributed by atoms with E-state index in [0.717, 1.165) is 10.1 Å². The minimum absolute atomic E-state index is 0.0596. The van der Waals surface area contributed by atoms with Crippen molar-refractivity contribution in [2.45, 2.75) is 57.7 Å². The molecule has 8 heteroatoms. The van der Waals surface area contributed by atoms with Gasteiger partial charge in [0, 0.05) is 23.0 Å². The Morgan fingerprint density at radius 2 is 1.90 bits per heavy atom. The number of piperidine rings is 1. The zero-order valence-corrected chi connectivity index (χ0v) is 13.1. The van der Waals surface area contributed by atoms with Gasteiger partial charge in [-0.15, -0.1) is 16.5 Å². The lowest BCUT2D eigenvalue weighted by atomic mass is 9.79. The van der Waals surface area contributed by atoms with Gasteiger partial charge < -0.3 is 15.6 Å². The standard InChI is InChI=1S/C12H22ClN4O3/c1-11(2)7-9(8-12(3,4)17(11)20)14-10(18)16(15-19)6-5-13/h9H,5-8H2,1-4H3,(H,14,18)/q-1. The van der Waals surface area contributed by atoms with Crippen molar-refractivity contribution in [3.8, 4) is 0 Å². The van der Waals surface area contributed by atoms with Crippen molar-refractivity contribution in [3.05, 3.63) is 10.1 Å². The van der Waals surface area contributed by atoms with Crippen LogP contribution in [0.15, 0.2) is 5.29 Å². The van der Waals surface area contributed by atoms with E-state index >= 15 is 0 Å². The summed E-state index contributed by atoms with van der Waals surface area (Å²) in [6.45, 7) is 7.43. The molecule has 1 aliphatic heterocycles. The van der Waals surface area contributed by atoms with E-state index in [1.54, 1.807) is 0 Å². The summed E-state index contributed by atoms with van der Waals surface area (Å²) < 4.78 is 0. The Bertz CT molecular complexity index is 358. The molecule has 1 fully saturated rings. The Hall–Kier alpha value is -0.920. The van der Waals surface area contributed by atoms with Gasteiger partial charge in [-0.3, -0.25) is 0 Å². The van der Waals surface area contributed by atoms with Crippen LogP contribution >= 0.6 is 11.6 Å². The number of alkyl halides is 1. The molecule has 20 heavy (non-hydrogen) atoms. The highest BCUT2D eigenvalue weighted by Crippen LogP contribution is 2.37. The SMILES string of the molecule is CC1(C)CC(NC(=O)N(CCCl)N=O)CC(C)(C)N1[O-]. The third-order valence-corrected chi connectivity index (χ3v) is 3.72. The van der Waals surface area contributed by atoms with Gasteiger partial charge in [0.05, 0.1) is 11.8 Å². The molecule has 0 aromatic rings. The van der Waals surface area contributed by atoms with Gasteiger partial charge >= 0.3 is 6.03 Å². The zero-order chi connectivity index (χ0) is 15.6. The number of amides is 2. The summed E-state index contributed by atoms with van der Waals surface area (Å²) in [5.74, 6) is 0.134. The van der Waals surface area contributed by atoms with Crippen LogP contribution in [0, 0.1) is 10.1 Å². The molecule has 0 unspecified atom stereocenters. The molecule has 0 aromatic carbocycles. The van der Waals surface area contributed by atoms with Gasteiger partial charge in [-0.2, -0.15) is 5.01 Å². The molecule has 1 N–H and O–H groups in total. The highest BCUT2D eigenvalue weighted by molar-refractivity contribution is 6.18. The molecule has 0 spiro atoms. The van der Waals surface area contributed by atoms with Crippen molar-refractivity contribution in [3.63, 3.8) is 0 Å². The van der Waals surface area contributed by atoms with Gasteiger partial charge in [0.15, 0.2) is 0 Å². The molecular formula is C12H22ClN4O3-. The topological polar surface area (TPSA) is 88.1 Å². The maximum Gasteiger partial charge on any atom is 0.340 e. The fourth-order valence-corrected chi connectivity index (χ4v) is 3.03. The van der Waals surface area contributed by atoms with Gasteiger partial charge in [-0.05, 0) is 40.5 Å². The number of rotatable bonds is 4. The maximum atomic E-state index is 12.2. The summed E-state index contributed by atoms with van der Waals surface area (Å²) in [5.41, 5.74) is -1.16. The van der Waals surface area contributed by atoms with Crippen molar-refractivity contribution >= 4 is 17.6 Å². The van der Waals surface area contributed by atoms with Gasteiger partial charge in [0.1, 0.15) is 0 Å². The van der Waals surface area contributed by atoms with Crippen LogP contribution in [-0.4, -0.2) is 45.6 Å². The molecule has 0 bridgehead atoms. The summed E-state index contributed by atoms with van der Waals surface area (Å²) in [6.07, 6.45) is 1.03. The molecule has 0 radical (unpaired) electrons. The molecule has 1 rings (SSSR count). The van der Waals surface area contributed by atoms with E-state index in [2.05, 4.69) is 10.6 Å². The lowest BCUT2D eigenvalue weighted by Crippen LogP contribution is -2.62. The Morgan fingerprint density at radius 3 is 2.30 bits per heavy atom. The molecular weight excluding hydrogens is 284 g/mol. The van der Waals surface area contributed by atoms with Gasteiger partial charge in [-0.1, -0.05) is 0 Å². The van der Waals surface area contributed by atoms with Crippen LogP contribution in [0.4, 0.5) is 4.79 Å². The maximum absolute atomic E-state index is 12.2. The number of hydrogen-bond donors (Lipinski definition) is 1. The van der Waals surface area contributed by atoms with E-state index in [-0.39, 0.29) is 18.5 Å². The number of nitrogens with one attached hydrogen (secondary N) is 1. The summed E-state index contributed by atoms with van der Waals surface area (Å²) in [4.78, 5) is 22.5. The Labute approximate surface area is 124 Å². The average Bonchev–Trinajstić information content (AvgIpc) is 2.32. The van der Waals surface area contributed by atoms with E-state index in [4.69, 9.17) is 11.6 Å². The number of hydroxylamine groups is 2. The first-order chi connectivity index (χ1) is 9.14. The first-order valence-electron chi connectivity index (χ1n) is 6.59. The zero-order valence-electron chi connectivity index (χ0n) is 12.4. The number of nitrogens with zero attached hydrogens (tertiary/aromatic N) is 3. The monoisotopic (exact) mass is 305 g/mol. The number of halogens is 1. The van der Waals surface area contributed by atoms with E-state index in [0.29, 0.717) is 12.8 Å².